The number of hydrogen-bond donors (Lipinski definition) is 1. The Morgan fingerprint density at radius 3 is 2.79 bits per heavy atom. The molecule has 5 heteroatoms. The summed E-state index contributed by atoms with van der Waals surface area (Å²) in [5.41, 5.74) is 5.48. The molecule has 2 unspecified atom stereocenters. The van der Waals surface area contributed by atoms with Crippen LogP contribution in [-0.4, -0.2) is 12.3 Å². The van der Waals surface area contributed by atoms with Crippen molar-refractivity contribution >= 4 is 21.7 Å². The van der Waals surface area contributed by atoms with E-state index in [1.54, 1.807) is 0 Å². The molecule has 0 spiro atoms. The van der Waals surface area contributed by atoms with Crippen LogP contribution in [0.5, 0.6) is 0 Å². The van der Waals surface area contributed by atoms with Crippen molar-refractivity contribution in [2.24, 2.45) is 17.6 Å². The highest BCUT2D eigenvalue weighted by atomic mass is 79.9. The van der Waals surface area contributed by atoms with Crippen molar-refractivity contribution < 1.29 is 13.6 Å². The highest BCUT2D eigenvalue weighted by Gasteiger charge is 2.32. The summed E-state index contributed by atoms with van der Waals surface area (Å²) in [5, 5.41) is 0. The number of benzene rings is 1. The van der Waals surface area contributed by atoms with E-state index in [2.05, 4.69) is 15.9 Å². The Morgan fingerprint density at radius 2 is 2.11 bits per heavy atom. The maximum absolute atomic E-state index is 13.8. The third kappa shape index (κ3) is 3.03. The van der Waals surface area contributed by atoms with E-state index in [1.807, 2.05) is 0 Å². The van der Waals surface area contributed by atoms with Gasteiger partial charge >= 0.3 is 0 Å². The average molecular weight is 332 g/mol. The smallest absolute Gasteiger partial charge is 0.143 e. The molecule has 1 aliphatic rings. The molecule has 2 N–H and O–H groups in total. The van der Waals surface area contributed by atoms with Crippen LogP contribution in [0.3, 0.4) is 0 Å². The van der Waals surface area contributed by atoms with E-state index in [4.69, 9.17) is 5.73 Å². The minimum atomic E-state index is -0.685. The molecule has 1 aliphatic carbocycles. The van der Waals surface area contributed by atoms with Gasteiger partial charge in [-0.1, -0.05) is 6.42 Å². The Labute approximate surface area is 119 Å². The topological polar surface area (TPSA) is 43.1 Å². The normalized spacial score (nSPS) is 22.7. The lowest BCUT2D eigenvalue weighted by molar-refractivity contribution is -0.123. The number of Topliss-reactive ketones (excluding diaryl/α,β-unsaturated/α-hetero) is 1. The molecule has 0 saturated heterocycles. The van der Waals surface area contributed by atoms with Crippen molar-refractivity contribution in [2.45, 2.75) is 25.7 Å². The average Bonchev–Trinajstić information content (AvgIpc) is 2.87. The van der Waals surface area contributed by atoms with Crippen LogP contribution in [0.4, 0.5) is 8.78 Å². The summed E-state index contributed by atoms with van der Waals surface area (Å²) in [7, 11) is 0. The van der Waals surface area contributed by atoms with Gasteiger partial charge in [0.15, 0.2) is 0 Å². The number of halogens is 3. The standard InChI is InChI=1S/C14H16BrF2NO/c15-11-4-5-12(16)10(14(11)17)6-13(19)9-3-1-2-8(9)7-18/h4-5,8-9H,1-3,6-7,18H2. The van der Waals surface area contributed by atoms with E-state index in [-0.39, 0.29) is 34.1 Å². The van der Waals surface area contributed by atoms with Gasteiger partial charge in [0.2, 0.25) is 0 Å². The zero-order valence-corrected chi connectivity index (χ0v) is 12.1. The highest BCUT2D eigenvalue weighted by Crippen LogP contribution is 2.33. The molecule has 0 radical (unpaired) electrons. The minimum Gasteiger partial charge on any atom is -0.330 e. The highest BCUT2D eigenvalue weighted by molar-refractivity contribution is 9.10. The maximum atomic E-state index is 13.8. The van der Waals surface area contributed by atoms with Gasteiger partial charge < -0.3 is 5.73 Å². The zero-order valence-electron chi connectivity index (χ0n) is 10.5. The zero-order chi connectivity index (χ0) is 14.0. The quantitative estimate of drug-likeness (QED) is 0.861. The number of hydrogen-bond acceptors (Lipinski definition) is 2. The second kappa shape index (κ2) is 6.09. The summed E-state index contributed by atoms with van der Waals surface area (Å²) >= 11 is 3.01. The number of ketones is 1. The van der Waals surface area contributed by atoms with Crippen LogP contribution in [-0.2, 0) is 11.2 Å². The van der Waals surface area contributed by atoms with E-state index in [0.29, 0.717) is 6.54 Å². The summed E-state index contributed by atoms with van der Waals surface area (Å²) < 4.78 is 27.6. The van der Waals surface area contributed by atoms with Crippen molar-refractivity contribution in [1.29, 1.82) is 0 Å². The van der Waals surface area contributed by atoms with Crippen molar-refractivity contribution in [2.75, 3.05) is 6.54 Å². The molecule has 2 nitrogen and oxygen atoms in total. The lowest BCUT2D eigenvalue weighted by Crippen LogP contribution is -2.26. The monoisotopic (exact) mass is 331 g/mol. The number of carbonyl (C=O) groups excluding carboxylic acids is 1. The Bertz CT molecular complexity index is 493. The molecule has 19 heavy (non-hydrogen) atoms. The molecule has 2 atom stereocenters. The number of nitrogens with two attached hydrogens (primary N) is 1. The molecule has 0 aliphatic heterocycles. The summed E-state index contributed by atoms with van der Waals surface area (Å²) in [6, 6.07) is 2.47. The summed E-state index contributed by atoms with van der Waals surface area (Å²) in [6.45, 7) is 0.458. The lowest BCUT2D eigenvalue weighted by atomic mass is 9.88. The maximum Gasteiger partial charge on any atom is 0.143 e. The van der Waals surface area contributed by atoms with E-state index in [0.717, 1.165) is 19.3 Å². The van der Waals surface area contributed by atoms with Crippen LogP contribution >= 0.6 is 15.9 Å². The van der Waals surface area contributed by atoms with Crippen LogP contribution in [0.2, 0.25) is 0 Å². The van der Waals surface area contributed by atoms with Gasteiger partial charge in [0.1, 0.15) is 17.4 Å². The fourth-order valence-electron chi connectivity index (χ4n) is 2.78. The van der Waals surface area contributed by atoms with Crippen molar-refractivity contribution in [3.05, 3.63) is 33.8 Å². The third-order valence-electron chi connectivity index (χ3n) is 3.87. The van der Waals surface area contributed by atoms with E-state index in [1.165, 1.54) is 12.1 Å². The Balaban J connectivity index is 2.17. The van der Waals surface area contributed by atoms with Crippen molar-refractivity contribution in [3.8, 4) is 0 Å². The van der Waals surface area contributed by atoms with Gasteiger partial charge in [-0.3, -0.25) is 4.79 Å². The first-order valence-electron chi connectivity index (χ1n) is 6.39. The van der Waals surface area contributed by atoms with Gasteiger partial charge in [-0.25, -0.2) is 8.78 Å². The molecule has 0 amide bonds. The van der Waals surface area contributed by atoms with Crippen LogP contribution in [0.15, 0.2) is 16.6 Å². The molecule has 2 rings (SSSR count). The molecule has 1 aromatic rings. The molecular weight excluding hydrogens is 316 g/mol. The minimum absolute atomic E-state index is 0.108. The van der Waals surface area contributed by atoms with Gasteiger partial charge in [-0.05, 0) is 53.4 Å². The second-order valence-electron chi connectivity index (χ2n) is 5.00. The summed E-state index contributed by atoms with van der Waals surface area (Å²) in [4.78, 5) is 12.2. The first-order valence-corrected chi connectivity index (χ1v) is 7.19. The van der Waals surface area contributed by atoms with Gasteiger partial charge in [-0.15, -0.1) is 0 Å². The number of rotatable bonds is 4. The van der Waals surface area contributed by atoms with Gasteiger partial charge in [0, 0.05) is 17.9 Å². The van der Waals surface area contributed by atoms with Crippen LogP contribution < -0.4 is 5.73 Å². The predicted octanol–water partition coefficient (Wildman–Crippen LogP) is 3.21. The van der Waals surface area contributed by atoms with Gasteiger partial charge in [0.05, 0.1) is 4.47 Å². The first-order chi connectivity index (χ1) is 9.04. The molecule has 1 saturated carbocycles. The second-order valence-corrected chi connectivity index (χ2v) is 5.85. The van der Waals surface area contributed by atoms with E-state index >= 15 is 0 Å². The SMILES string of the molecule is NCC1CCCC1C(=O)Cc1c(F)ccc(Br)c1F. The molecular formula is C14H16BrF2NO. The third-order valence-corrected chi connectivity index (χ3v) is 4.48. The van der Waals surface area contributed by atoms with E-state index < -0.39 is 11.6 Å². The van der Waals surface area contributed by atoms with Crippen molar-refractivity contribution in [1.82, 2.24) is 0 Å². The van der Waals surface area contributed by atoms with Crippen LogP contribution in [0, 0.1) is 23.5 Å². The van der Waals surface area contributed by atoms with Crippen LogP contribution in [0.25, 0.3) is 0 Å². The van der Waals surface area contributed by atoms with Gasteiger partial charge in [-0.2, -0.15) is 0 Å². The number of carbonyl (C=O) groups is 1. The first kappa shape index (κ1) is 14.6. The fraction of sp³-hybridized carbons (Fsp3) is 0.500. The van der Waals surface area contributed by atoms with Gasteiger partial charge in [0.25, 0.3) is 0 Å². The fourth-order valence-corrected chi connectivity index (χ4v) is 3.15. The molecule has 1 fully saturated rings. The summed E-state index contributed by atoms with van der Waals surface area (Å²) in [6.07, 6.45) is 2.47. The largest absolute Gasteiger partial charge is 0.330 e. The lowest BCUT2D eigenvalue weighted by Gasteiger charge is -2.17. The summed E-state index contributed by atoms with van der Waals surface area (Å²) in [5.74, 6) is -1.45. The Hall–Kier alpha value is -0.810. The van der Waals surface area contributed by atoms with Crippen molar-refractivity contribution in [3.63, 3.8) is 0 Å². The molecule has 0 bridgehead atoms. The Kier molecular flexibility index (Phi) is 4.68. The Morgan fingerprint density at radius 1 is 1.37 bits per heavy atom. The molecule has 0 aromatic heterocycles. The van der Waals surface area contributed by atoms with E-state index in [9.17, 15) is 13.6 Å². The molecule has 1 aromatic carbocycles. The predicted molar refractivity (Wildman–Crippen MR) is 72.7 cm³/mol. The van der Waals surface area contributed by atoms with Crippen LogP contribution in [0.1, 0.15) is 24.8 Å². The molecule has 104 valence electrons. The molecule has 0 heterocycles.